The van der Waals surface area contributed by atoms with E-state index in [9.17, 15) is 14.4 Å². The highest BCUT2D eigenvalue weighted by atomic mass is 35.5. The lowest BCUT2D eigenvalue weighted by molar-refractivity contribution is -0.136. The average molecular weight is 415 g/mol. The summed E-state index contributed by atoms with van der Waals surface area (Å²) in [5.41, 5.74) is 0.549. The molecule has 1 aromatic carbocycles. The summed E-state index contributed by atoms with van der Waals surface area (Å²) in [6.45, 7) is 2.31. The zero-order chi connectivity index (χ0) is 19.6. The van der Waals surface area contributed by atoms with E-state index >= 15 is 0 Å². The first kappa shape index (κ1) is 19.6. The monoisotopic (exact) mass is 414 g/mol. The molecule has 10 heteroatoms. The van der Waals surface area contributed by atoms with Crippen molar-refractivity contribution in [3.05, 3.63) is 28.2 Å². The molecule has 0 aromatic heterocycles. The van der Waals surface area contributed by atoms with Crippen LogP contribution >= 0.6 is 23.2 Å². The van der Waals surface area contributed by atoms with Gasteiger partial charge in [0.05, 0.1) is 16.0 Å². The largest absolute Gasteiger partial charge is 0.465 e. The Bertz CT molecular complexity index is 752. The second kappa shape index (κ2) is 8.22. The van der Waals surface area contributed by atoms with Crippen LogP contribution in [-0.4, -0.2) is 77.1 Å². The van der Waals surface area contributed by atoms with E-state index < -0.39 is 6.09 Å². The van der Waals surface area contributed by atoms with E-state index in [4.69, 9.17) is 28.3 Å². The summed E-state index contributed by atoms with van der Waals surface area (Å²) in [7, 11) is 0. The van der Waals surface area contributed by atoms with Gasteiger partial charge in [0.2, 0.25) is 5.91 Å². The fourth-order valence-corrected chi connectivity index (χ4v) is 3.60. The number of hydrogen-bond donors (Lipinski definition) is 2. The standard InChI is InChI=1S/C17H20Cl2N4O4/c18-13-2-1-12(9-14(13)19)20-16(25)22-7-5-21(6-8-22)15(24)11-3-4-23(10-11)17(26)27/h1-2,9,11H,3-8,10H2,(H,20,25)(H,26,27). The molecule has 8 nitrogen and oxygen atoms in total. The number of piperazine rings is 1. The van der Waals surface area contributed by atoms with Crippen LogP contribution in [0.3, 0.4) is 0 Å². The van der Waals surface area contributed by atoms with Crippen LogP contribution in [0.2, 0.25) is 10.0 Å². The number of carbonyl (C=O) groups is 3. The van der Waals surface area contributed by atoms with Gasteiger partial charge in [-0.1, -0.05) is 23.2 Å². The maximum Gasteiger partial charge on any atom is 0.407 e. The van der Waals surface area contributed by atoms with Gasteiger partial charge < -0.3 is 25.1 Å². The van der Waals surface area contributed by atoms with Crippen LogP contribution in [0.4, 0.5) is 15.3 Å². The van der Waals surface area contributed by atoms with Crippen LogP contribution in [-0.2, 0) is 4.79 Å². The fraction of sp³-hybridized carbons (Fsp3) is 0.471. The summed E-state index contributed by atoms with van der Waals surface area (Å²) in [6.07, 6.45) is -0.447. The quantitative estimate of drug-likeness (QED) is 0.777. The Morgan fingerprint density at radius 2 is 1.63 bits per heavy atom. The molecule has 2 aliphatic heterocycles. The SMILES string of the molecule is O=C(O)N1CCC(C(=O)N2CCN(C(=O)Nc3ccc(Cl)c(Cl)c3)CC2)C1. The van der Waals surface area contributed by atoms with Crippen molar-refractivity contribution >= 4 is 46.9 Å². The Morgan fingerprint density at radius 3 is 2.22 bits per heavy atom. The molecule has 2 saturated heterocycles. The zero-order valence-corrected chi connectivity index (χ0v) is 16.0. The van der Waals surface area contributed by atoms with E-state index in [2.05, 4.69) is 5.32 Å². The van der Waals surface area contributed by atoms with Gasteiger partial charge in [-0.3, -0.25) is 4.79 Å². The molecule has 2 fully saturated rings. The molecule has 0 aliphatic carbocycles. The van der Waals surface area contributed by atoms with Gasteiger partial charge in [0.1, 0.15) is 0 Å². The van der Waals surface area contributed by atoms with Gasteiger partial charge in [-0.15, -0.1) is 0 Å². The first-order chi connectivity index (χ1) is 12.8. The Kier molecular flexibility index (Phi) is 5.96. The minimum absolute atomic E-state index is 0.0386. The summed E-state index contributed by atoms with van der Waals surface area (Å²) >= 11 is 11.8. The minimum Gasteiger partial charge on any atom is -0.465 e. The van der Waals surface area contributed by atoms with Gasteiger partial charge in [-0.05, 0) is 24.6 Å². The molecule has 0 radical (unpaired) electrons. The number of nitrogens with zero attached hydrogens (tertiary/aromatic N) is 3. The fourth-order valence-electron chi connectivity index (χ4n) is 3.30. The average Bonchev–Trinajstić information content (AvgIpc) is 3.15. The number of benzene rings is 1. The topological polar surface area (TPSA) is 93.2 Å². The van der Waals surface area contributed by atoms with Gasteiger partial charge in [0, 0.05) is 45.0 Å². The van der Waals surface area contributed by atoms with E-state index in [-0.39, 0.29) is 24.4 Å². The van der Waals surface area contributed by atoms with Gasteiger partial charge in [-0.25, -0.2) is 9.59 Å². The highest BCUT2D eigenvalue weighted by Crippen LogP contribution is 2.25. The zero-order valence-electron chi connectivity index (χ0n) is 14.5. The third-order valence-corrected chi connectivity index (χ3v) is 5.60. The van der Waals surface area contributed by atoms with Crippen molar-refractivity contribution in [2.75, 3.05) is 44.6 Å². The number of carboxylic acid groups (broad SMARTS) is 1. The summed E-state index contributed by atoms with van der Waals surface area (Å²) in [5, 5.41) is 12.5. The Labute approximate surface area is 166 Å². The van der Waals surface area contributed by atoms with Crippen LogP contribution in [0.15, 0.2) is 18.2 Å². The Balaban J connectivity index is 1.49. The smallest absolute Gasteiger partial charge is 0.407 e. The molecule has 3 rings (SSSR count). The van der Waals surface area contributed by atoms with Crippen LogP contribution in [0.1, 0.15) is 6.42 Å². The molecule has 2 N–H and O–H groups in total. The number of rotatable bonds is 2. The minimum atomic E-state index is -0.992. The number of halogens is 2. The van der Waals surface area contributed by atoms with Gasteiger partial charge in [0.15, 0.2) is 0 Å². The summed E-state index contributed by atoms with van der Waals surface area (Å²) in [5.74, 6) is -0.332. The maximum atomic E-state index is 12.6. The number of urea groups is 1. The maximum absolute atomic E-state index is 12.6. The lowest BCUT2D eigenvalue weighted by atomic mass is 10.1. The first-order valence-electron chi connectivity index (χ1n) is 8.63. The molecular formula is C17H20Cl2N4O4. The molecule has 4 amide bonds. The third kappa shape index (κ3) is 4.56. The van der Waals surface area contributed by atoms with E-state index in [1.54, 1.807) is 28.0 Å². The molecule has 0 saturated carbocycles. The summed E-state index contributed by atoms with van der Waals surface area (Å²) in [6, 6.07) is 4.59. The number of likely N-dealkylation sites (tertiary alicyclic amines) is 1. The summed E-state index contributed by atoms with van der Waals surface area (Å²) < 4.78 is 0. The van der Waals surface area contributed by atoms with E-state index in [0.717, 1.165) is 0 Å². The predicted octanol–water partition coefficient (Wildman–Crippen LogP) is 2.67. The van der Waals surface area contributed by atoms with E-state index in [1.165, 1.54) is 4.90 Å². The van der Waals surface area contributed by atoms with Gasteiger partial charge in [-0.2, -0.15) is 0 Å². The molecule has 0 bridgehead atoms. The van der Waals surface area contributed by atoms with E-state index in [1.807, 2.05) is 0 Å². The second-order valence-electron chi connectivity index (χ2n) is 6.59. The molecule has 1 unspecified atom stereocenters. The lowest BCUT2D eigenvalue weighted by Crippen LogP contribution is -2.53. The van der Waals surface area contributed by atoms with Crippen molar-refractivity contribution in [1.29, 1.82) is 0 Å². The van der Waals surface area contributed by atoms with Crippen LogP contribution in [0, 0.1) is 5.92 Å². The van der Waals surface area contributed by atoms with Crippen LogP contribution in [0.5, 0.6) is 0 Å². The third-order valence-electron chi connectivity index (χ3n) is 4.86. The first-order valence-corrected chi connectivity index (χ1v) is 9.38. The molecule has 27 heavy (non-hydrogen) atoms. The van der Waals surface area contributed by atoms with Gasteiger partial charge in [0.25, 0.3) is 0 Å². The number of carbonyl (C=O) groups excluding carboxylic acids is 2. The molecule has 1 atom stereocenters. The molecule has 2 heterocycles. The van der Waals surface area contributed by atoms with Gasteiger partial charge >= 0.3 is 12.1 Å². The lowest BCUT2D eigenvalue weighted by Gasteiger charge is -2.35. The molecule has 0 spiro atoms. The number of amides is 4. The number of anilines is 1. The van der Waals surface area contributed by atoms with E-state index in [0.29, 0.717) is 54.9 Å². The van der Waals surface area contributed by atoms with Crippen molar-refractivity contribution in [3.63, 3.8) is 0 Å². The summed E-state index contributed by atoms with van der Waals surface area (Å²) in [4.78, 5) is 40.5. The Morgan fingerprint density at radius 1 is 0.963 bits per heavy atom. The predicted molar refractivity (Wildman–Crippen MR) is 101 cm³/mol. The number of hydrogen-bond acceptors (Lipinski definition) is 3. The highest BCUT2D eigenvalue weighted by molar-refractivity contribution is 6.42. The van der Waals surface area contributed by atoms with Crippen LogP contribution < -0.4 is 5.32 Å². The molecule has 146 valence electrons. The molecular weight excluding hydrogens is 395 g/mol. The normalized spacial score (nSPS) is 19.9. The van der Waals surface area contributed by atoms with Crippen molar-refractivity contribution in [2.45, 2.75) is 6.42 Å². The van der Waals surface area contributed by atoms with Crippen molar-refractivity contribution in [2.24, 2.45) is 5.92 Å². The van der Waals surface area contributed by atoms with Crippen molar-refractivity contribution in [1.82, 2.24) is 14.7 Å². The van der Waals surface area contributed by atoms with Crippen LogP contribution in [0.25, 0.3) is 0 Å². The second-order valence-corrected chi connectivity index (χ2v) is 7.40. The van der Waals surface area contributed by atoms with Crippen molar-refractivity contribution < 1.29 is 19.5 Å². The molecule has 2 aliphatic rings. The number of nitrogens with one attached hydrogen (secondary N) is 1. The molecule has 1 aromatic rings. The highest BCUT2D eigenvalue weighted by Gasteiger charge is 2.35. The van der Waals surface area contributed by atoms with Crippen molar-refractivity contribution in [3.8, 4) is 0 Å². The Hall–Kier alpha value is -2.19.